The Bertz CT molecular complexity index is 662. The fourth-order valence-corrected chi connectivity index (χ4v) is 2.42. The smallest absolute Gasteiger partial charge is 0.374 e. The van der Waals surface area contributed by atoms with Gasteiger partial charge in [-0.3, -0.25) is 4.98 Å². The first-order chi connectivity index (χ1) is 10.1. The van der Waals surface area contributed by atoms with Gasteiger partial charge in [0.05, 0.1) is 0 Å². The third kappa shape index (κ3) is 2.61. The summed E-state index contributed by atoms with van der Waals surface area (Å²) in [5, 5.41) is 10.4. The molecule has 2 rings (SSSR count). The van der Waals surface area contributed by atoms with Crippen LogP contribution in [0.2, 0.25) is 0 Å². The lowest BCUT2D eigenvalue weighted by molar-refractivity contribution is -0.336. The fourth-order valence-electron chi connectivity index (χ4n) is 2.02. The molecule has 0 saturated heterocycles. The van der Waals surface area contributed by atoms with E-state index in [4.69, 9.17) is 0 Å². The lowest BCUT2D eigenvalue weighted by atomic mass is 9.81. The molecule has 0 aliphatic heterocycles. The number of aliphatic hydroxyl groups is 1. The molecule has 2 nitrogen and oxygen atoms in total. The van der Waals surface area contributed by atoms with Gasteiger partial charge in [-0.15, -0.1) is 0 Å². The van der Waals surface area contributed by atoms with E-state index in [2.05, 4.69) is 20.9 Å². The second-order valence-electron chi connectivity index (χ2n) is 4.53. The maximum Gasteiger partial charge on any atom is 0.457 e. The molecule has 0 bridgehead atoms. The zero-order valence-electron chi connectivity index (χ0n) is 10.8. The molecule has 2 aromatic rings. The summed E-state index contributed by atoms with van der Waals surface area (Å²) in [7, 11) is 0. The Morgan fingerprint density at radius 2 is 1.59 bits per heavy atom. The van der Waals surface area contributed by atoms with Crippen LogP contribution in [0.4, 0.5) is 22.0 Å². The summed E-state index contributed by atoms with van der Waals surface area (Å²) in [6.45, 7) is 0. The Hall–Kier alpha value is -1.54. The Morgan fingerprint density at radius 3 is 2.09 bits per heavy atom. The van der Waals surface area contributed by atoms with Crippen molar-refractivity contribution in [3.8, 4) is 0 Å². The van der Waals surface area contributed by atoms with E-state index in [1.54, 1.807) is 0 Å². The molecule has 0 aliphatic carbocycles. The minimum atomic E-state index is -5.94. The van der Waals surface area contributed by atoms with Gasteiger partial charge in [-0.1, -0.05) is 34.1 Å². The highest BCUT2D eigenvalue weighted by Gasteiger charge is 2.71. The molecule has 8 heteroatoms. The molecule has 1 heterocycles. The van der Waals surface area contributed by atoms with Crippen LogP contribution >= 0.6 is 15.9 Å². The van der Waals surface area contributed by atoms with E-state index in [0.29, 0.717) is 0 Å². The normalized spacial score (nSPS) is 15.4. The van der Waals surface area contributed by atoms with Crippen LogP contribution in [0.15, 0.2) is 53.3 Å². The van der Waals surface area contributed by atoms with Gasteiger partial charge in [0.1, 0.15) is 0 Å². The van der Waals surface area contributed by atoms with Crippen LogP contribution in [-0.4, -0.2) is 22.2 Å². The molecule has 0 amide bonds. The van der Waals surface area contributed by atoms with Crippen LogP contribution in [0, 0.1) is 0 Å². The molecule has 118 valence electrons. The van der Waals surface area contributed by atoms with Crippen molar-refractivity contribution in [2.75, 3.05) is 0 Å². The van der Waals surface area contributed by atoms with Crippen molar-refractivity contribution in [2.45, 2.75) is 17.7 Å². The summed E-state index contributed by atoms with van der Waals surface area (Å²) in [4.78, 5) is 3.52. The van der Waals surface area contributed by atoms with Gasteiger partial charge >= 0.3 is 12.1 Å². The lowest BCUT2D eigenvalue weighted by Gasteiger charge is -2.37. The minimum Gasteiger partial charge on any atom is -0.374 e. The molecule has 1 aromatic carbocycles. The maximum absolute atomic E-state index is 14.1. The quantitative estimate of drug-likeness (QED) is 0.805. The van der Waals surface area contributed by atoms with Gasteiger partial charge in [-0.2, -0.15) is 22.0 Å². The van der Waals surface area contributed by atoms with E-state index < -0.39 is 28.8 Å². The van der Waals surface area contributed by atoms with E-state index in [9.17, 15) is 27.1 Å². The summed E-state index contributed by atoms with van der Waals surface area (Å²) in [6, 6.07) is 6.84. The maximum atomic E-state index is 14.1. The molecule has 1 aromatic heterocycles. The van der Waals surface area contributed by atoms with Crippen LogP contribution in [0.25, 0.3) is 0 Å². The Kier molecular flexibility index (Phi) is 4.27. The predicted molar refractivity (Wildman–Crippen MR) is 72.4 cm³/mol. The summed E-state index contributed by atoms with van der Waals surface area (Å²) < 4.78 is 67.0. The third-order valence-corrected chi connectivity index (χ3v) is 3.63. The van der Waals surface area contributed by atoms with E-state index >= 15 is 0 Å². The molecule has 0 fully saturated rings. The number of aromatic nitrogens is 1. The van der Waals surface area contributed by atoms with Gasteiger partial charge in [0, 0.05) is 22.4 Å². The van der Waals surface area contributed by atoms with Crippen LogP contribution in [0.1, 0.15) is 11.1 Å². The SMILES string of the molecule is OC(c1cccnc1)(c1cccc(Br)c1)C(F)(F)C(F)(F)F. The van der Waals surface area contributed by atoms with Gasteiger partial charge < -0.3 is 5.11 Å². The second kappa shape index (κ2) is 5.58. The zero-order valence-corrected chi connectivity index (χ0v) is 12.4. The summed E-state index contributed by atoms with van der Waals surface area (Å²) >= 11 is 2.99. The van der Waals surface area contributed by atoms with Crippen molar-refractivity contribution in [3.05, 3.63) is 64.4 Å². The molecular weight excluding hydrogens is 373 g/mol. The van der Waals surface area contributed by atoms with Gasteiger partial charge in [0.15, 0.2) is 5.60 Å². The van der Waals surface area contributed by atoms with Gasteiger partial charge in [-0.25, -0.2) is 0 Å². The molecule has 0 saturated carbocycles. The van der Waals surface area contributed by atoms with Crippen molar-refractivity contribution in [1.82, 2.24) is 4.98 Å². The molecular formula is C14H9BrF5NO. The average molecular weight is 382 g/mol. The molecule has 1 unspecified atom stereocenters. The summed E-state index contributed by atoms with van der Waals surface area (Å²) in [6.07, 6.45) is -3.96. The summed E-state index contributed by atoms with van der Waals surface area (Å²) in [5.41, 5.74) is -4.85. The fraction of sp³-hybridized carbons (Fsp3) is 0.214. The first kappa shape index (κ1) is 16.8. The summed E-state index contributed by atoms with van der Waals surface area (Å²) in [5.74, 6) is -5.41. The topological polar surface area (TPSA) is 33.1 Å². The van der Waals surface area contributed by atoms with Crippen molar-refractivity contribution in [3.63, 3.8) is 0 Å². The molecule has 22 heavy (non-hydrogen) atoms. The second-order valence-corrected chi connectivity index (χ2v) is 5.45. The van der Waals surface area contributed by atoms with Crippen molar-refractivity contribution >= 4 is 15.9 Å². The zero-order chi connectivity index (χ0) is 16.6. The molecule has 1 atom stereocenters. The first-order valence-electron chi connectivity index (χ1n) is 5.94. The Morgan fingerprint density at radius 1 is 0.955 bits per heavy atom. The van der Waals surface area contributed by atoms with Crippen LogP contribution in [-0.2, 0) is 5.60 Å². The van der Waals surface area contributed by atoms with Crippen LogP contribution < -0.4 is 0 Å². The van der Waals surface area contributed by atoms with Gasteiger partial charge in [0.25, 0.3) is 0 Å². The van der Waals surface area contributed by atoms with Gasteiger partial charge in [0.2, 0.25) is 0 Å². The van der Waals surface area contributed by atoms with Crippen LogP contribution in [0.5, 0.6) is 0 Å². The van der Waals surface area contributed by atoms with E-state index in [1.165, 1.54) is 24.4 Å². The molecule has 0 spiro atoms. The van der Waals surface area contributed by atoms with E-state index in [1.807, 2.05) is 0 Å². The molecule has 0 radical (unpaired) electrons. The third-order valence-electron chi connectivity index (χ3n) is 3.13. The largest absolute Gasteiger partial charge is 0.457 e. The number of benzene rings is 1. The number of hydrogen-bond acceptors (Lipinski definition) is 2. The van der Waals surface area contributed by atoms with E-state index in [0.717, 1.165) is 24.4 Å². The minimum absolute atomic E-state index is 0.255. The number of pyridine rings is 1. The highest BCUT2D eigenvalue weighted by Crippen LogP contribution is 2.51. The predicted octanol–water partition coefficient (Wildman–Crippen LogP) is 4.28. The monoisotopic (exact) mass is 381 g/mol. The van der Waals surface area contributed by atoms with Crippen LogP contribution in [0.3, 0.4) is 0 Å². The lowest BCUT2D eigenvalue weighted by Crippen LogP contribution is -2.55. The Balaban J connectivity index is 2.76. The molecule has 0 aliphatic rings. The standard InChI is InChI=1S/C14H9BrF5NO/c15-11-5-1-3-9(7-11)12(22,10-4-2-6-21-8-10)13(16,17)14(18,19)20/h1-8,22H. The number of alkyl halides is 5. The first-order valence-corrected chi connectivity index (χ1v) is 6.73. The van der Waals surface area contributed by atoms with Crippen molar-refractivity contribution in [1.29, 1.82) is 0 Å². The van der Waals surface area contributed by atoms with E-state index in [-0.39, 0.29) is 4.47 Å². The Labute approximate surface area is 130 Å². The van der Waals surface area contributed by atoms with Crippen molar-refractivity contribution in [2.24, 2.45) is 0 Å². The molecule has 1 N–H and O–H groups in total. The highest BCUT2D eigenvalue weighted by atomic mass is 79.9. The average Bonchev–Trinajstić information content (AvgIpc) is 2.46. The highest BCUT2D eigenvalue weighted by molar-refractivity contribution is 9.10. The number of nitrogens with zero attached hydrogens (tertiary/aromatic N) is 1. The number of halogens is 6. The van der Waals surface area contributed by atoms with Crippen molar-refractivity contribution < 1.29 is 27.1 Å². The number of hydrogen-bond donors (Lipinski definition) is 1. The number of rotatable bonds is 3. The van der Waals surface area contributed by atoms with Gasteiger partial charge in [-0.05, 0) is 23.8 Å².